The highest BCUT2D eigenvalue weighted by atomic mass is 16.2. The van der Waals surface area contributed by atoms with Crippen LogP contribution in [-0.4, -0.2) is 22.6 Å². The van der Waals surface area contributed by atoms with Gasteiger partial charge in [0.15, 0.2) is 0 Å². The van der Waals surface area contributed by atoms with Crippen molar-refractivity contribution < 1.29 is 14.4 Å². The van der Waals surface area contributed by atoms with Gasteiger partial charge in [0.1, 0.15) is 0 Å². The van der Waals surface area contributed by atoms with Crippen molar-refractivity contribution in [1.82, 2.24) is 4.90 Å². The van der Waals surface area contributed by atoms with E-state index in [0.29, 0.717) is 19.3 Å². The summed E-state index contributed by atoms with van der Waals surface area (Å²) in [4.78, 5) is 40.2. The van der Waals surface area contributed by atoms with Gasteiger partial charge in [-0.2, -0.15) is 0 Å². The van der Waals surface area contributed by atoms with Crippen molar-refractivity contribution >= 4 is 17.7 Å². The van der Waals surface area contributed by atoms with E-state index in [9.17, 15) is 14.4 Å². The molecular weight excluding hydrogens is 494 g/mol. The predicted molar refractivity (Wildman–Crippen MR) is 172 cm³/mol. The number of rotatable bonds is 30. The second-order valence-electron chi connectivity index (χ2n) is 12.3. The van der Waals surface area contributed by atoms with Gasteiger partial charge in [-0.3, -0.25) is 14.4 Å². The van der Waals surface area contributed by atoms with Crippen molar-refractivity contribution in [2.24, 2.45) is 0 Å². The maximum Gasteiger partial charge on any atom is 0.236 e. The highest BCUT2D eigenvalue weighted by Crippen LogP contribution is 2.16. The third-order valence-corrected chi connectivity index (χ3v) is 8.23. The lowest BCUT2D eigenvalue weighted by atomic mass is 10.0. The van der Waals surface area contributed by atoms with Crippen LogP contribution in [-0.2, 0) is 14.4 Å². The van der Waals surface area contributed by atoms with E-state index in [0.717, 1.165) is 62.7 Å². The molecule has 236 valence electrons. The van der Waals surface area contributed by atoms with E-state index < -0.39 is 0 Å². The van der Waals surface area contributed by atoms with E-state index >= 15 is 0 Å². The van der Waals surface area contributed by atoms with Crippen molar-refractivity contribution in [3.05, 3.63) is 0 Å². The number of hydrogen-bond donors (Lipinski definition) is 0. The van der Waals surface area contributed by atoms with Crippen molar-refractivity contribution in [1.29, 1.82) is 0 Å². The summed E-state index contributed by atoms with van der Waals surface area (Å²) in [6.45, 7) is 6.72. The third-order valence-electron chi connectivity index (χ3n) is 8.23. The van der Waals surface area contributed by atoms with Crippen LogP contribution in [0.25, 0.3) is 0 Å². The summed E-state index contributed by atoms with van der Waals surface area (Å²) in [7, 11) is 0. The third kappa shape index (κ3) is 24.6. The van der Waals surface area contributed by atoms with Gasteiger partial charge in [-0.05, 0) is 19.3 Å². The molecule has 0 aliphatic rings. The summed E-state index contributed by atoms with van der Waals surface area (Å²) < 4.78 is 0. The van der Waals surface area contributed by atoms with Gasteiger partial charge in [0.25, 0.3) is 0 Å². The molecule has 0 fully saturated rings. The lowest BCUT2D eigenvalue weighted by Gasteiger charge is -2.19. The Morgan fingerprint density at radius 2 is 0.475 bits per heavy atom. The SMILES string of the molecule is CCCCCCCCCCCC(=O)N(C(=O)CCCCCCCCCCC)C(=O)CCCCCCCCCCC. The highest BCUT2D eigenvalue weighted by molar-refractivity contribution is 6.10. The summed E-state index contributed by atoms with van der Waals surface area (Å²) in [5.74, 6) is -0.778. The first kappa shape index (κ1) is 38.8. The number of hydrogen-bond acceptors (Lipinski definition) is 3. The zero-order valence-corrected chi connectivity index (χ0v) is 27.4. The van der Waals surface area contributed by atoms with Gasteiger partial charge in [-0.1, -0.05) is 175 Å². The van der Waals surface area contributed by atoms with Gasteiger partial charge in [0.2, 0.25) is 17.7 Å². The fraction of sp³-hybridized carbons (Fsp3) is 0.917. The fourth-order valence-corrected chi connectivity index (χ4v) is 5.51. The van der Waals surface area contributed by atoms with Crippen molar-refractivity contribution in [3.8, 4) is 0 Å². The maximum absolute atomic E-state index is 13.0. The molecular formula is C36H69NO3. The summed E-state index contributed by atoms with van der Waals surface area (Å²) in [5.41, 5.74) is 0. The van der Waals surface area contributed by atoms with Gasteiger partial charge in [-0.15, -0.1) is 0 Å². The number of nitrogens with zero attached hydrogens (tertiary/aromatic N) is 1. The first-order chi connectivity index (χ1) is 19.6. The first-order valence-corrected chi connectivity index (χ1v) is 18.0. The molecule has 40 heavy (non-hydrogen) atoms. The molecule has 0 spiro atoms. The Hall–Kier alpha value is -1.19. The summed E-state index contributed by atoms with van der Waals surface area (Å²) >= 11 is 0. The molecule has 3 amide bonds. The molecule has 0 aliphatic carbocycles. The number of imide groups is 3. The Bertz CT molecular complexity index is 508. The first-order valence-electron chi connectivity index (χ1n) is 18.0. The van der Waals surface area contributed by atoms with Crippen LogP contribution in [0.2, 0.25) is 0 Å². The predicted octanol–water partition coefficient (Wildman–Crippen LogP) is 11.6. The molecule has 0 heterocycles. The van der Waals surface area contributed by atoms with E-state index in [-0.39, 0.29) is 17.7 Å². The Morgan fingerprint density at radius 1 is 0.300 bits per heavy atom. The van der Waals surface area contributed by atoms with Crippen LogP contribution in [0.5, 0.6) is 0 Å². The van der Waals surface area contributed by atoms with E-state index in [1.54, 1.807) is 0 Å². The molecule has 4 heteroatoms. The summed E-state index contributed by atoms with van der Waals surface area (Å²) in [6.07, 6.45) is 32.9. The standard InChI is InChI=1S/C36H69NO3/c1-4-7-10-13-16-19-22-25-28-31-34(38)37(35(39)32-29-26-23-20-17-14-11-8-5-2)36(40)33-30-27-24-21-18-15-12-9-6-3/h4-33H2,1-3H3. The zero-order valence-electron chi connectivity index (χ0n) is 27.4. The second-order valence-corrected chi connectivity index (χ2v) is 12.3. The van der Waals surface area contributed by atoms with Crippen molar-refractivity contribution in [2.45, 2.75) is 213 Å². The minimum Gasteiger partial charge on any atom is -0.274 e. The molecule has 0 atom stereocenters. The molecule has 0 saturated heterocycles. The van der Waals surface area contributed by atoms with Crippen LogP contribution in [0.15, 0.2) is 0 Å². The summed E-state index contributed by atoms with van der Waals surface area (Å²) in [5, 5.41) is 0. The minimum absolute atomic E-state index is 0.259. The quantitative estimate of drug-likeness (QED) is 0.0816. The Labute approximate surface area is 250 Å². The summed E-state index contributed by atoms with van der Waals surface area (Å²) in [6, 6.07) is 0. The average Bonchev–Trinajstić information content (AvgIpc) is 2.94. The van der Waals surface area contributed by atoms with Gasteiger partial charge < -0.3 is 0 Å². The van der Waals surface area contributed by atoms with E-state index in [1.807, 2.05) is 0 Å². The highest BCUT2D eigenvalue weighted by Gasteiger charge is 2.27. The van der Waals surface area contributed by atoms with Crippen molar-refractivity contribution in [3.63, 3.8) is 0 Å². The zero-order chi connectivity index (χ0) is 29.5. The maximum atomic E-state index is 13.0. The number of carbonyl (C=O) groups excluding carboxylic acids is 3. The van der Waals surface area contributed by atoms with E-state index in [4.69, 9.17) is 0 Å². The minimum atomic E-state index is -0.259. The van der Waals surface area contributed by atoms with Gasteiger partial charge in [-0.25, -0.2) is 4.90 Å². The average molecular weight is 564 g/mol. The van der Waals surface area contributed by atoms with Crippen LogP contribution in [0, 0.1) is 0 Å². The van der Waals surface area contributed by atoms with Crippen LogP contribution in [0.1, 0.15) is 213 Å². The number of amides is 3. The Kier molecular flexibility index (Phi) is 29.8. The monoisotopic (exact) mass is 564 g/mol. The van der Waals surface area contributed by atoms with Crippen LogP contribution in [0.3, 0.4) is 0 Å². The largest absolute Gasteiger partial charge is 0.274 e. The number of carbonyl (C=O) groups is 3. The second kappa shape index (κ2) is 30.8. The topological polar surface area (TPSA) is 54.5 Å². The molecule has 0 aromatic rings. The van der Waals surface area contributed by atoms with Crippen LogP contribution >= 0.6 is 0 Å². The normalized spacial score (nSPS) is 11.2. The van der Waals surface area contributed by atoms with Gasteiger partial charge >= 0.3 is 0 Å². The number of unbranched alkanes of at least 4 members (excludes halogenated alkanes) is 24. The fourth-order valence-electron chi connectivity index (χ4n) is 5.51. The molecule has 4 nitrogen and oxygen atoms in total. The van der Waals surface area contributed by atoms with Gasteiger partial charge in [0, 0.05) is 19.3 Å². The molecule has 0 bridgehead atoms. The molecule has 0 radical (unpaired) electrons. The van der Waals surface area contributed by atoms with E-state index in [1.165, 1.54) is 116 Å². The van der Waals surface area contributed by atoms with Gasteiger partial charge in [0.05, 0.1) is 0 Å². The molecule has 0 aromatic heterocycles. The van der Waals surface area contributed by atoms with Crippen LogP contribution < -0.4 is 0 Å². The van der Waals surface area contributed by atoms with Crippen LogP contribution in [0.4, 0.5) is 0 Å². The Balaban J connectivity index is 4.44. The molecule has 0 aromatic carbocycles. The molecule has 0 aliphatic heterocycles. The molecule has 0 rings (SSSR count). The lowest BCUT2D eigenvalue weighted by Crippen LogP contribution is -2.41. The smallest absolute Gasteiger partial charge is 0.236 e. The Morgan fingerprint density at radius 3 is 0.675 bits per heavy atom. The molecule has 0 N–H and O–H groups in total. The lowest BCUT2D eigenvalue weighted by molar-refractivity contribution is -0.154. The van der Waals surface area contributed by atoms with Crippen molar-refractivity contribution in [2.75, 3.05) is 0 Å². The molecule has 0 saturated carbocycles. The molecule has 0 unspecified atom stereocenters. The van der Waals surface area contributed by atoms with E-state index in [2.05, 4.69) is 20.8 Å².